The van der Waals surface area contributed by atoms with Gasteiger partial charge in [0.2, 0.25) is 5.78 Å². The molecule has 0 spiro atoms. The number of hydrogen-bond acceptors (Lipinski definition) is 6. The largest absolute Gasteiger partial charge is 0.497 e. The van der Waals surface area contributed by atoms with Crippen LogP contribution in [-0.2, 0) is 18.9 Å². The summed E-state index contributed by atoms with van der Waals surface area (Å²) in [4.78, 5) is 38.1. The van der Waals surface area contributed by atoms with Crippen molar-refractivity contribution in [3.05, 3.63) is 93.1 Å². The molecule has 3 heterocycles. The molecule has 8 nitrogen and oxygen atoms in total. The number of carbonyl (C=O) groups excluding carboxylic acids is 2. The Morgan fingerprint density at radius 2 is 1.67 bits per heavy atom. The first-order chi connectivity index (χ1) is 17.4. The molecule has 0 N–H and O–H groups in total. The fraction of sp³-hybridized carbons (Fsp3) is 0.179. The minimum atomic E-state index is -0.399. The lowest BCUT2D eigenvalue weighted by Gasteiger charge is -2.26. The molecule has 0 amide bonds. The number of imidazole rings is 1. The molecule has 1 unspecified atom stereocenters. The highest BCUT2D eigenvalue weighted by Crippen LogP contribution is 2.49. The van der Waals surface area contributed by atoms with E-state index < -0.39 is 5.92 Å². The number of esters is 1. The summed E-state index contributed by atoms with van der Waals surface area (Å²) in [5, 5.41) is 0. The molecule has 0 radical (unpaired) electrons. The number of nitrogens with zero attached hydrogens (tertiary/aromatic N) is 2. The number of ketones is 1. The predicted molar refractivity (Wildman–Crippen MR) is 133 cm³/mol. The first-order valence-electron chi connectivity index (χ1n) is 11.5. The molecule has 0 fully saturated rings. The molecular formula is C28H22N2O6. The Morgan fingerprint density at radius 1 is 0.917 bits per heavy atom. The molecule has 0 saturated heterocycles. The fourth-order valence-corrected chi connectivity index (χ4v) is 4.98. The monoisotopic (exact) mass is 482 g/mol. The quantitative estimate of drug-likeness (QED) is 0.250. The SMILES string of the molecule is COc1ccc(/C=C2\Oc3c(ccc4c3C(c3ccc5c(c3)n(C)c(=O)n5C)CC(=O)O4)C2=O)cc1. The molecule has 0 bridgehead atoms. The van der Waals surface area contributed by atoms with Crippen LogP contribution in [0.15, 0.2) is 65.2 Å². The van der Waals surface area contributed by atoms with E-state index in [1.165, 1.54) is 0 Å². The normalized spacial score (nSPS) is 17.6. The van der Waals surface area contributed by atoms with E-state index in [2.05, 4.69) is 0 Å². The molecule has 4 aromatic rings. The van der Waals surface area contributed by atoms with Gasteiger partial charge in [0.15, 0.2) is 5.76 Å². The molecule has 2 aliphatic heterocycles. The van der Waals surface area contributed by atoms with Crippen molar-refractivity contribution < 1.29 is 23.8 Å². The summed E-state index contributed by atoms with van der Waals surface area (Å²) in [6.07, 6.45) is 1.77. The van der Waals surface area contributed by atoms with Crippen molar-refractivity contribution in [3.8, 4) is 17.2 Å². The van der Waals surface area contributed by atoms with Crippen LogP contribution in [0.1, 0.15) is 39.4 Å². The number of aromatic nitrogens is 2. The Morgan fingerprint density at radius 3 is 2.42 bits per heavy atom. The summed E-state index contributed by atoms with van der Waals surface area (Å²) in [6.45, 7) is 0. The van der Waals surface area contributed by atoms with E-state index in [9.17, 15) is 14.4 Å². The van der Waals surface area contributed by atoms with Crippen molar-refractivity contribution >= 4 is 28.9 Å². The summed E-state index contributed by atoms with van der Waals surface area (Å²) >= 11 is 0. The topological polar surface area (TPSA) is 88.8 Å². The van der Waals surface area contributed by atoms with Gasteiger partial charge in [-0.25, -0.2) is 4.79 Å². The van der Waals surface area contributed by atoms with Crippen molar-refractivity contribution in [2.24, 2.45) is 14.1 Å². The fourth-order valence-electron chi connectivity index (χ4n) is 4.98. The highest BCUT2D eigenvalue weighted by atomic mass is 16.5. The van der Waals surface area contributed by atoms with Crippen LogP contribution in [0.25, 0.3) is 17.1 Å². The molecule has 1 atom stereocenters. The van der Waals surface area contributed by atoms with E-state index in [1.807, 2.05) is 42.5 Å². The van der Waals surface area contributed by atoms with Crippen LogP contribution in [-0.4, -0.2) is 28.0 Å². The van der Waals surface area contributed by atoms with Crippen molar-refractivity contribution in [1.82, 2.24) is 9.13 Å². The van der Waals surface area contributed by atoms with Crippen LogP contribution in [0.4, 0.5) is 0 Å². The Kier molecular flexibility index (Phi) is 4.86. The number of fused-ring (bicyclic) bond motifs is 4. The molecule has 3 aromatic carbocycles. The predicted octanol–water partition coefficient (Wildman–Crippen LogP) is 3.94. The average Bonchev–Trinajstić information content (AvgIpc) is 3.32. The third kappa shape index (κ3) is 3.25. The number of rotatable bonds is 3. The zero-order valence-electron chi connectivity index (χ0n) is 19.9. The van der Waals surface area contributed by atoms with Gasteiger partial charge in [-0.2, -0.15) is 0 Å². The highest BCUT2D eigenvalue weighted by Gasteiger charge is 2.38. The van der Waals surface area contributed by atoms with E-state index in [-0.39, 0.29) is 29.6 Å². The highest BCUT2D eigenvalue weighted by molar-refractivity contribution is 6.15. The maximum atomic E-state index is 13.2. The van der Waals surface area contributed by atoms with Gasteiger partial charge in [0, 0.05) is 25.6 Å². The first kappa shape index (κ1) is 21.9. The molecule has 2 aliphatic rings. The average molecular weight is 482 g/mol. The molecule has 0 saturated carbocycles. The molecule has 1 aromatic heterocycles. The van der Waals surface area contributed by atoms with Crippen LogP contribution < -0.4 is 19.9 Å². The maximum Gasteiger partial charge on any atom is 0.328 e. The van der Waals surface area contributed by atoms with Crippen molar-refractivity contribution in [2.45, 2.75) is 12.3 Å². The van der Waals surface area contributed by atoms with Crippen molar-refractivity contribution in [2.75, 3.05) is 7.11 Å². The van der Waals surface area contributed by atoms with E-state index in [0.717, 1.165) is 22.2 Å². The lowest BCUT2D eigenvalue weighted by molar-refractivity contribution is -0.135. The Labute approximate surface area is 205 Å². The summed E-state index contributed by atoms with van der Waals surface area (Å²) in [6, 6.07) is 16.3. The second kappa shape index (κ2) is 7.98. The van der Waals surface area contributed by atoms with Gasteiger partial charge < -0.3 is 14.2 Å². The number of hydrogen-bond donors (Lipinski definition) is 0. The van der Waals surface area contributed by atoms with Gasteiger partial charge in [0.1, 0.15) is 17.2 Å². The molecule has 6 rings (SSSR count). The summed E-state index contributed by atoms with van der Waals surface area (Å²) in [5.41, 5.74) is 4.11. The molecule has 180 valence electrons. The van der Waals surface area contributed by atoms with Gasteiger partial charge in [-0.3, -0.25) is 18.7 Å². The zero-order valence-corrected chi connectivity index (χ0v) is 19.9. The number of methoxy groups -OCH3 is 1. The summed E-state index contributed by atoms with van der Waals surface area (Å²) in [5.74, 6) is 0.676. The molecule has 36 heavy (non-hydrogen) atoms. The number of aryl methyl sites for hydroxylation is 2. The number of carbonyl (C=O) groups is 2. The Balaban J connectivity index is 1.46. The lowest BCUT2D eigenvalue weighted by atomic mass is 9.84. The van der Waals surface area contributed by atoms with E-state index in [4.69, 9.17) is 14.2 Å². The third-order valence-corrected chi connectivity index (χ3v) is 6.89. The van der Waals surface area contributed by atoms with Gasteiger partial charge >= 0.3 is 11.7 Å². The van der Waals surface area contributed by atoms with Crippen LogP contribution in [0, 0.1) is 0 Å². The first-order valence-corrected chi connectivity index (χ1v) is 11.5. The van der Waals surface area contributed by atoms with Gasteiger partial charge in [-0.05, 0) is 53.6 Å². The number of ether oxygens (including phenoxy) is 3. The van der Waals surface area contributed by atoms with Gasteiger partial charge in [0.25, 0.3) is 0 Å². The summed E-state index contributed by atoms with van der Waals surface area (Å²) in [7, 11) is 5.03. The van der Waals surface area contributed by atoms with Gasteiger partial charge in [-0.15, -0.1) is 0 Å². The standard InChI is InChI=1S/C28H22N2O6/c1-29-20-10-6-16(13-21(20)30(2)28(29)33)19-14-24(31)35-22-11-9-18-26(32)23(36-27(18)25(19)22)12-15-4-7-17(34-3)8-5-15/h4-13,19H,14H2,1-3H3/b23-12-. The van der Waals surface area contributed by atoms with E-state index in [1.54, 1.807) is 48.5 Å². The minimum absolute atomic E-state index is 0.0881. The molecular weight excluding hydrogens is 460 g/mol. The second-order valence-electron chi connectivity index (χ2n) is 8.95. The van der Waals surface area contributed by atoms with E-state index >= 15 is 0 Å². The number of Topliss-reactive ketones (excluding diaryl/α,β-unsaturated/α-hetero) is 1. The van der Waals surface area contributed by atoms with Crippen LogP contribution in [0.5, 0.6) is 17.2 Å². The smallest absolute Gasteiger partial charge is 0.328 e. The second-order valence-corrected chi connectivity index (χ2v) is 8.95. The molecule has 8 heteroatoms. The lowest BCUT2D eigenvalue weighted by Crippen LogP contribution is -2.21. The maximum absolute atomic E-state index is 13.2. The zero-order chi connectivity index (χ0) is 25.1. The van der Waals surface area contributed by atoms with Gasteiger partial charge in [0.05, 0.1) is 30.1 Å². The third-order valence-electron chi connectivity index (χ3n) is 6.89. The Hall–Kier alpha value is -4.59. The minimum Gasteiger partial charge on any atom is -0.497 e. The van der Waals surface area contributed by atoms with Crippen molar-refractivity contribution in [1.29, 1.82) is 0 Å². The van der Waals surface area contributed by atoms with Crippen LogP contribution >= 0.6 is 0 Å². The Bertz CT molecular complexity index is 1670. The van der Waals surface area contributed by atoms with Crippen molar-refractivity contribution in [3.63, 3.8) is 0 Å². The van der Waals surface area contributed by atoms with Crippen LogP contribution in [0.3, 0.4) is 0 Å². The van der Waals surface area contributed by atoms with Crippen LogP contribution in [0.2, 0.25) is 0 Å². The number of benzene rings is 3. The van der Waals surface area contributed by atoms with Gasteiger partial charge in [-0.1, -0.05) is 18.2 Å². The number of allylic oxidation sites excluding steroid dienone is 1. The van der Waals surface area contributed by atoms with E-state index in [0.29, 0.717) is 28.4 Å². The summed E-state index contributed by atoms with van der Waals surface area (Å²) < 4.78 is 20.0. The molecule has 0 aliphatic carbocycles.